The number of sulfonamides is 1. The summed E-state index contributed by atoms with van der Waals surface area (Å²) in [5.74, 6) is -1.20. The molecule has 1 rings (SSSR count). The Morgan fingerprint density at radius 3 is 2.25 bits per heavy atom. The van der Waals surface area contributed by atoms with Crippen molar-refractivity contribution in [2.45, 2.75) is 0 Å². The van der Waals surface area contributed by atoms with E-state index >= 15 is 0 Å². The van der Waals surface area contributed by atoms with Crippen LogP contribution in [0.25, 0.3) is 0 Å². The van der Waals surface area contributed by atoms with Gasteiger partial charge in [-0.05, 0) is 24.3 Å². The van der Waals surface area contributed by atoms with E-state index in [0.29, 0.717) is 5.69 Å². The molecule has 0 atom stereocenters. The summed E-state index contributed by atoms with van der Waals surface area (Å²) >= 11 is 3.21. The number of benzene rings is 1. The van der Waals surface area contributed by atoms with E-state index in [1.807, 2.05) is 0 Å². The number of nitrogens with zero attached hydrogens (tertiary/aromatic N) is 1. The van der Waals surface area contributed by atoms with Crippen molar-refractivity contribution in [2.24, 2.45) is 0 Å². The van der Waals surface area contributed by atoms with Crippen LogP contribution in [-0.4, -0.2) is 32.3 Å². The van der Waals surface area contributed by atoms with Crippen LogP contribution in [0.2, 0.25) is 0 Å². The van der Waals surface area contributed by atoms with Crippen LogP contribution in [-0.2, 0) is 14.8 Å². The SMILES string of the molecule is CS(=O)(=O)N(CC(=O)O)c1ccc(Br)cc1. The van der Waals surface area contributed by atoms with Crippen molar-refractivity contribution in [3.8, 4) is 0 Å². The van der Waals surface area contributed by atoms with Crippen molar-refractivity contribution < 1.29 is 18.3 Å². The molecule has 88 valence electrons. The topological polar surface area (TPSA) is 74.7 Å². The summed E-state index contributed by atoms with van der Waals surface area (Å²) in [5, 5.41) is 8.65. The second-order valence-corrected chi connectivity index (χ2v) is 5.96. The summed E-state index contributed by atoms with van der Waals surface area (Å²) in [6, 6.07) is 6.37. The van der Waals surface area contributed by atoms with Crippen molar-refractivity contribution in [1.29, 1.82) is 0 Å². The third kappa shape index (κ3) is 3.49. The summed E-state index contributed by atoms with van der Waals surface area (Å²) in [4.78, 5) is 10.6. The molecule has 0 unspecified atom stereocenters. The Hall–Kier alpha value is -1.08. The third-order valence-electron chi connectivity index (χ3n) is 1.79. The van der Waals surface area contributed by atoms with Gasteiger partial charge >= 0.3 is 5.97 Å². The Kier molecular flexibility index (Phi) is 3.93. The zero-order chi connectivity index (χ0) is 12.3. The predicted octanol–water partition coefficient (Wildman–Crippen LogP) is 1.30. The van der Waals surface area contributed by atoms with Crippen LogP contribution in [0, 0.1) is 0 Å². The molecule has 0 aromatic heterocycles. The monoisotopic (exact) mass is 307 g/mol. The van der Waals surface area contributed by atoms with Gasteiger partial charge < -0.3 is 5.11 Å². The second-order valence-electron chi connectivity index (χ2n) is 3.14. The van der Waals surface area contributed by atoms with Gasteiger partial charge in [-0.3, -0.25) is 9.10 Å². The van der Waals surface area contributed by atoms with Crippen LogP contribution in [0.1, 0.15) is 0 Å². The fraction of sp³-hybridized carbons (Fsp3) is 0.222. The van der Waals surface area contributed by atoms with Crippen molar-refractivity contribution in [1.82, 2.24) is 0 Å². The van der Waals surface area contributed by atoms with Crippen LogP contribution in [0.3, 0.4) is 0 Å². The summed E-state index contributed by atoms with van der Waals surface area (Å²) in [7, 11) is -3.59. The Morgan fingerprint density at radius 1 is 1.38 bits per heavy atom. The summed E-state index contributed by atoms with van der Waals surface area (Å²) < 4.78 is 24.4. The summed E-state index contributed by atoms with van der Waals surface area (Å²) in [6.45, 7) is -0.583. The fourth-order valence-corrected chi connectivity index (χ4v) is 2.24. The van der Waals surface area contributed by atoms with Gasteiger partial charge in [-0.15, -0.1) is 0 Å². The molecule has 0 heterocycles. The molecule has 1 aromatic rings. The highest BCUT2D eigenvalue weighted by Gasteiger charge is 2.19. The van der Waals surface area contributed by atoms with Crippen LogP contribution < -0.4 is 4.31 Å². The number of anilines is 1. The minimum atomic E-state index is -3.59. The molecule has 7 heteroatoms. The van der Waals surface area contributed by atoms with Gasteiger partial charge in [0.05, 0.1) is 11.9 Å². The van der Waals surface area contributed by atoms with Gasteiger partial charge in [0, 0.05) is 4.47 Å². The Bertz CT molecular complexity index is 483. The van der Waals surface area contributed by atoms with E-state index in [-0.39, 0.29) is 0 Å². The normalized spacial score (nSPS) is 11.1. The van der Waals surface area contributed by atoms with E-state index in [1.165, 1.54) is 12.1 Å². The third-order valence-corrected chi connectivity index (χ3v) is 3.46. The van der Waals surface area contributed by atoms with Gasteiger partial charge in [0.1, 0.15) is 6.54 Å². The molecule has 0 spiro atoms. The lowest BCUT2D eigenvalue weighted by atomic mass is 10.3. The van der Waals surface area contributed by atoms with E-state index in [4.69, 9.17) is 5.11 Å². The van der Waals surface area contributed by atoms with E-state index in [9.17, 15) is 13.2 Å². The zero-order valence-corrected chi connectivity index (χ0v) is 10.8. The first kappa shape index (κ1) is 13.0. The van der Waals surface area contributed by atoms with Crippen molar-refractivity contribution in [3.63, 3.8) is 0 Å². The molecule has 0 aliphatic rings. The summed E-state index contributed by atoms with van der Waals surface area (Å²) in [6.07, 6.45) is 0.970. The van der Waals surface area contributed by atoms with E-state index in [1.54, 1.807) is 12.1 Å². The second kappa shape index (κ2) is 4.84. The average Bonchev–Trinajstić information content (AvgIpc) is 2.14. The lowest BCUT2D eigenvalue weighted by Gasteiger charge is -2.20. The summed E-state index contributed by atoms with van der Waals surface area (Å²) in [5.41, 5.74) is 0.327. The van der Waals surface area contributed by atoms with Crippen molar-refractivity contribution in [2.75, 3.05) is 17.1 Å². The highest BCUT2D eigenvalue weighted by atomic mass is 79.9. The standard InChI is InChI=1S/C9H10BrNO4S/c1-16(14,15)11(6-9(12)13)8-4-2-7(10)3-5-8/h2-5H,6H2,1H3,(H,12,13). The Balaban J connectivity index is 3.11. The first-order valence-electron chi connectivity index (χ1n) is 4.26. The fourth-order valence-electron chi connectivity index (χ4n) is 1.13. The number of hydrogen-bond acceptors (Lipinski definition) is 3. The molecule has 1 aromatic carbocycles. The molecule has 0 bridgehead atoms. The highest BCUT2D eigenvalue weighted by molar-refractivity contribution is 9.10. The lowest BCUT2D eigenvalue weighted by molar-refractivity contribution is -0.135. The van der Waals surface area contributed by atoms with Crippen LogP contribution in [0.4, 0.5) is 5.69 Å². The van der Waals surface area contributed by atoms with Crippen LogP contribution in [0.5, 0.6) is 0 Å². The van der Waals surface area contributed by atoms with E-state index < -0.39 is 22.5 Å². The van der Waals surface area contributed by atoms with Gasteiger partial charge in [-0.1, -0.05) is 15.9 Å². The first-order chi connectivity index (χ1) is 7.30. The minimum absolute atomic E-state index is 0.327. The molecule has 0 saturated carbocycles. The van der Waals surface area contributed by atoms with Gasteiger partial charge in [0.2, 0.25) is 10.0 Å². The zero-order valence-electron chi connectivity index (χ0n) is 8.42. The largest absolute Gasteiger partial charge is 0.480 e. The molecule has 0 saturated heterocycles. The molecular formula is C9H10BrNO4S. The Morgan fingerprint density at radius 2 is 1.88 bits per heavy atom. The molecule has 1 N–H and O–H groups in total. The van der Waals surface area contributed by atoms with E-state index in [2.05, 4.69) is 15.9 Å². The number of carboxylic acids is 1. The van der Waals surface area contributed by atoms with Gasteiger partial charge in [0.15, 0.2) is 0 Å². The molecule has 0 aliphatic heterocycles. The van der Waals surface area contributed by atoms with Crippen LogP contribution >= 0.6 is 15.9 Å². The number of aliphatic carboxylic acids is 1. The molecule has 16 heavy (non-hydrogen) atoms. The van der Waals surface area contributed by atoms with Crippen molar-refractivity contribution in [3.05, 3.63) is 28.7 Å². The smallest absolute Gasteiger partial charge is 0.324 e. The quantitative estimate of drug-likeness (QED) is 0.910. The van der Waals surface area contributed by atoms with Gasteiger partial charge in [-0.2, -0.15) is 0 Å². The van der Waals surface area contributed by atoms with Crippen LogP contribution in [0.15, 0.2) is 28.7 Å². The number of hydrogen-bond donors (Lipinski definition) is 1. The predicted molar refractivity (Wildman–Crippen MR) is 64.0 cm³/mol. The number of halogens is 1. The molecule has 0 amide bonds. The number of carboxylic acid groups (broad SMARTS) is 1. The molecule has 0 aliphatic carbocycles. The van der Waals surface area contributed by atoms with Crippen molar-refractivity contribution >= 4 is 37.6 Å². The molecule has 5 nitrogen and oxygen atoms in total. The maximum atomic E-state index is 11.4. The van der Waals surface area contributed by atoms with Gasteiger partial charge in [-0.25, -0.2) is 8.42 Å². The van der Waals surface area contributed by atoms with Gasteiger partial charge in [0.25, 0.3) is 0 Å². The van der Waals surface area contributed by atoms with E-state index in [0.717, 1.165) is 15.0 Å². The maximum Gasteiger partial charge on any atom is 0.324 e. The first-order valence-corrected chi connectivity index (χ1v) is 6.90. The lowest BCUT2D eigenvalue weighted by Crippen LogP contribution is -2.34. The average molecular weight is 308 g/mol. The maximum absolute atomic E-state index is 11.4. The Labute approximate surface area is 102 Å². The minimum Gasteiger partial charge on any atom is -0.480 e. The number of carbonyl (C=O) groups is 1. The number of rotatable bonds is 4. The molecule has 0 radical (unpaired) electrons. The molecule has 0 fully saturated rings. The highest BCUT2D eigenvalue weighted by Crippen LogP contribution is 2.20. The molecular weight excluding hydrogens is 298 g/mol.